The van der Waals surface area contributed by atoms with E-state index >= 15 is 0 Å². The van der Waals surface area contributed by atoms with Crippen molar-refractivity contribution in [1.29, 1.82) is 0 Å². The Morgan fingerprint density at radius 1 is 1.36 bits per heavy atom. The second kappa shape index (κ2) is 5.81. The van der Waals surface area contributed by atoms with E-state index in [1.807, 2.05) is 32.0 Å². The summed E-state index contributed by atoms with van der Waals surface area (Å²) in [6.45, 7) is 3.84. The number of nitrogens with one attached hydrogen (secondary N) is 1. The Balaban J connectivity index is 1.55. The number of allylic oxidation sites excluding steroid dienone is 1. The van der Waals surface area contributed by atoms with Crippen molar-refractivity contribution in [2.24, 2.45) is 10.9 Å². The predicted molar refractivity (Wildman–Crippen MR) is 92.6 cm³/mol. The molecule has 0 radical (unpaired) electrons. The zero-order valence-corrected chi connectivity index (χ0v) is 14.5. The number of ether oxygens (including phenoxy) is 3. The molecule has 7 heteroatoms. The quantitative estimate of drug-likeness (QED) is 0.664. The highest BCUT2D eigenvalue weighted by atomic mass is 35.5. The van der Waals surface area contributed by atoms with Gasteiger partial charge in [0.1, 0.15) is 11.5 Å². The van der Waals surface area contributed by atoms with Crippen LogP contribution in [0.4, 0.5) is 0 Å². The first-order valence-corrected chi connectivity index (χ1v) is 8.39. The number of fused-ring (bicyclic) bond motifs is 2. The van der Waals surface area contributed by atoms with E-state index in [2.05, 4.69) is 10.3 Å². The van der Waals surface area contributed by atoms with Crippen LogP contribution in [-0.2, 0) is 9.53 Å². The van der Waals surface area contributed by atoms with E-state index < -0.39 is 11.2 Å². The summed E-state index contributed by atoms with van der Waals surface area (Å²) in [5.41, 5.74) is 1.55. The summed E-state index contributed by atoms with van der Waals surface area (Å²) in [5, 5.41) is 2.79. The maximum absolute atomic E-state index is 11.9. The maximum Gasteiger partial charge on any atom is 0.231 e. The van der Waals surface area contributed by atoms with Crippen LogP contribution in [0.15, 0.2) is 47.2 Å². The molecule has 0 saturated heterocycles. The van der Waals surface area contributed by atoms with Gasteiger partial charge in [-0.2, -0.15) is 0 Å². The number of hydrogen-bond acceptors (Lipinski definition) is 5. The second-order valence-corrected chi connectivity index (χ2v) is 6.98. The molecular weight excluding hydrogens is 344 g/mol. The van der Waals surface area contributed by atoms with Crippen molar-refractivity contribution in [2.75, 3.05) is 6.79 Å². The summed E-state index contributed by atoms with van der Waals surface area (Å²) in [7, 11) is 0. The first kappa shape index (κ1) is 16.0. The number of alkyl halides is 1. The van der Waals surface area contributed by atoms with Crippen LogP contribution in [0.5, 0.6) is 11.5 Å². The van der Waals surface area contributed by atoms with Crippen molar-refractivity contribution in [3.05, 3.63) is 47.7 Å². The number of benzene rings is 1. The van der Waals surface area contributed by atoms with Crippen LogP contribution >= 0.6 is 11.6 Å². The molecule has 0 aromatic heterocycles. The highest BCUT2D eigenvalue weighted by Crippen LogP contribution is 2.39. The Bertz CT molecular complexity index is 830. The zero-order chi connectivity index (χ0) is 17.6. The average Bonchev–Trinajstić information content (AvgIpc) is 3.19. The third-order valence-electron chi connectivity index (χ3n) is 4.09. The van der Waals surface area contributed by atoms with Crippen molar-refractivity contribution in [3.8, 4) is 11.5 Å². The van der Waals surface area contributed by atoms with Gasteiger partial charge in [-0.15, -0.1) is 0 Å². The fourth-order valence-corrected chi connectivity index (χ4v) is 2.94. The molecule has 6 nitrogen and oxygen atoms in total. The van der Waals surface area contributed by atoms with Crippen LogP contribution in [0.25, 0.3) is 0 Å². The third-order valence-corrected chi connectivity index (χ3v) is 4.42. The van der Waals surface area contributed by atoms with Crippen LogP contribution < -0.4 is 14.8 Å². The summed E-state index contributed by atoms with van der Waals surface area (Å²) in [6, 6.07) is 5.58. The number of carbonyl (C=O) groups excluding carboxylic acids is 1. The van der Waals surface area contributed by atoms with Gasteiger partial charge < -0.3 is 19.5 Å². The largest absolute Gasteiger partial charge is 0.462 e. The van der Waals surface area contributed by atoms with Crippen LogP contribution in [0, 0.1) is 5.92 Å². The van der Waals surface area contributed by atoms with Gasteiger partial charge in [-0.3, -0.25) is 4.79 Å². The van der Waals surface area contributed by atoms with Crippen molar-refractivity contribution < 1.29 is 19.0 Å². The average molecular weight is 361 g/mol. The van der Waals surface area contributed by atoms with Crippen molar-refractivity contribution >= 4 is 23.2 Å². The Morgan fingerprint density at radius 3 is 2.96 bits per heavy atom. The molecule has 2 aliphatic heterocycles. The SMILES string of the molecule is CC(C)C(=O)NC1(Cl)C=CC2=NC(c3ccc4c(c3)OCO4)OC2=C1. The molecule has 0 fully saturated rings. The Kier molecular flexibility index (Phi) is 3.72. The van der Waals surface area contributed by atoms with Gasteiger partial charge in [0, 0.05) is 17.6 Å². The fourth-order valence-electron chi connectivity index (χ4n) is 2.69. The molecule has 4 rings (SSSR count). The minimum Gasteiger partial charge on any atom is -0.462 e. The van der Waals surface area contributed by atoms with Crippen molar-refractivity contribution in [1.82, 2.24) is 5.32 Å². The lowest BCUT2D eigenvalue weighted by Gasteiger charge is -2.25. The minimum atomic E-state index is -1.11. The molecule has 25 heavy (non-hydrogen) atoms. The van der Waals surface area contributed by atoms with Crippen LogP contribution in [-0.4, -0.2) is 23.4 Å². The Labute approximate surface area is 150 Å². The van der Waals surface area contributed by atoms with Gasteiger partial charge in [0.25, 0.3) is 0 Å². The lowest BCUT2D eigenvalue weighted by Crippen LogP contribution is -2.44. The van der Waals surface area contributed by atoms with Gasteiger partial charge in [0.2, 0.25) is 18.9 Å². The van der Waals surface area contributed by atoms with Gasteiger partial charge in [-0.25, -0.2) is 4.99 Å². The smallest absolute Gasteiger partial charge is 0.231 e. The standard InChI is InChI=1S/C18H17ClN2O4/c1-10(2)16(22)21-18(19)6-5-12-15(8-18)25-17(20-12)11-3-4-13-14(7-11)24-9-23-13/h3-8,10,17H,9H2,1-2H3,(H,21,22). The lowest BCUT2D eigenvalue weighted by molar-refractivity contribution is -0.124. The predicted octanol–water partition coefficient (Wildman–Crippen LogP) is 3.05. The van der Waals surface area contributed by atoms with Gasteiger partial charge in [0.15, 0.2) is 16.5 Å². The molecule has 1 aromatic rings. The summed E-state index contributed by atoms with van der Waals surface area (Å²) in [6.07, 6.45) is 4.64. The van der Waals surface area contributed by atoms with E-state index in [1.165, 1.54) is 0 Å². The van der Waals surface area contributed by atoms with E-state index in [4.69, 9.17) is 25.8 Å². The fraction of sp³-hybridized carbons (Fsp3) is 0.333. The van der Waals surface area contributed by atoms with Crippen LogP contribution in [0.1, 0.15) is 25.6 Å². The van der Waals surface area contributed by atoms with E-state index in [0.717, 1.165) is 5.56 Å². The van der Waals surface area contributed by atoms with E-state index in [9.17, 15) is 4.79 Å². The molecule has 1 aliphatic carbocycles. The molecule has 1 N–H and O–H groups in total. The van der Waals surface area contributed by atoms with Crippen LogP contribution in [0.2, 0.25) is 0 Å². The first-order valence-electron chi connectivity index (χ1n) is 8.01. The Hall–Kier alpha value is -2.47. The number of rotatable bonds is 3. The summed E-state index contributed by atoms with van der Waals surface area (Å²) < 4.78 is 16.6. The number of halogens is 1. The molecule has 2 unspecified atom stereocenters. The molecule has 0 saturated carbocycles. The number of nitrogens with zero attached hydrogens (tertiary/aromatic N) is 1. The molecule has 2 heterocycles. The normalized spacial score (nSPS) is 26.0. The van der Waals surface area contributed by atoms with Gasteiger partial charge in [-0.05, 0) is 30.4 Å². The minimum absolute atomic E-state index is 0.137. The molecule has 130 valence electrons. The molecule has 1 aromatic carbocycles. The van der Waals surface area contributed by atoms with E-state index in [1.54, 1.807) is 18.2 Å². The third kappa shape index (κ3) is 2.98. The van der Waals surface area contributed by atoms with E-state index in [-0.39, 0.29) is 18.6 Å². The van der Waals surface area contributed by atoms with Gasteiger partial charge >= 0.3 is 0 Å². The number of amides is 1. The number of carbonyl (C=O) groups is 1. The highest BCUT2D eigenvalue weighted by molar-refractivity contribution is 6.29. The number of aliphatic imine (C=N–C) groups is 1. The molecular formula is C18H17ClN2O4. The van der Waals surface area contributed by atoms with Crippen LogP contribution in [0.3, 0.4) is 0 Å². The van der Waals surface area contributed by atoms with Gasteiger partial charge in [-0.1, -0.05) is 25.4 Å². The van der Waals surface area contributed by atoms with Crippen molar-refractivity contribution in [3.63, 3.8) is 0 Å². The highest BCUT2D eigenvalue weighted by Gasteiger charge is 2.34. The lowest BCUT2D eigenvalue weighted by atomic mass is 10.1. The molecule has 2 atom stereocenters. The monoisotopic (exact) mass is 360 g/mol. The van der Waals surface area contributed by atoms with Crippen molar-refractivity contribution in [2.45, 2.75) is 25.1 Å². The zero-order valence-electron chi connectivity index (χ0n) is 13.8. The first-order chi connectivity index (χ1) is 11.9. The summed E-state index contributed by atoms with van der Waals surface area (Å²) >= 11 is 6.48. The molecule has 0 spiro atoms. The maximum atomic E-state index is 11.9. The van der Waals surface area contributed by atoms with Gasteiger partial charge in [0.05, 0.1) is 0 Å². The number of hydrogen-bond donors (Lipinski definition) is 1. The molecule has 3 aliphatic rings. The van der Waals surface area contributed by atoms with E-state index in [0.29, 0.717) is 23.0 Å². The summed E-state index contributed by atoms with van der Waals surface area (Å²) in [5.74, 6) is 1.63. The molecule has 1 amide bonds. The molecule has 0 bridgehead atoms. The Morgan fingerprint density at radius 2 is 2.16 bits per heavy atom. The second-order valence-electron chi connectivity index (χ2n) is 6.35. The summed E-state index contributed by atoms with van der Waals surface area (Å²) in [4.78, 5) is 15.4. The topological polar surface area (TPSA) is 69.2 Å².